The van der Waals surface area contributed by atoms with Crippen molar-refractivity contribution in [2.45, 2.75) is 16.9 Å². The van der Waals surface area contributed by atoms with Gasteiger partial charge in [0.05, 0.1) is 10.6 Å². The molecule has 134 valence electrons. The minimum Gasteiger partial charge on any atom is -0.308 e. The Labute approximate surface area is 165 Å². The van der Waals surface area contributed by atoms with Crippen molar-refractivity contribution in [1.82, 2.24) is 9.97 Å². The van der Waals surface area contributed by atoms with Crippen LogP contribution in [0.1, 0.15) is 32.1 Å². The lowest BCUT2D eigenvalue weighted by atomic mass is 9.98. The zero-order valence-corrected chi connectivity index (χ0v) is 16.1. The van der Waals surface area contributed by atoms with Gasteiger partial charge >= 0.3 is 0 Å². The number of benzene rings is 2. The Morgan fingerprint density at radius 2 is 1.63 bits per heavy atom. The third kappa shape index (κ3) is 2.90. The standard InChI is InChI=1S/C21H18N4S2/c22-25-20-17-15-11-16(13-7-3-1-4-8-13)26-18(14-9-5-2-6-10-14)19(15)27-21(17)24-12-23-20/h1-10,12,16,18H,11,22H2,(H,23,24,25)/t16-,18+/m0/s1. The lowest BCUT2D eigenvalue weighted by molar-refractivity contribution is 0.894. The molecular formula is C21H18N4S2. The number of aromatic nitrogens is 2. The number of thiophene rings is 1. The molecule has 27 heavy (non-hydrogen) atoms. The third-order valence-corrected chi connectivity index (χ3v) is 7.86. The Morgan fingerprint density at radius 3 is 2.33 bits per heavy atom. The van der Waals surface area contributed by atoms with E-state index in [9.17, 15) is 0 Å². The molecule has 3 heterocycles. The molecule has 6 heteroatoms. The summed E-state index contributed by atoms with van der Waals surface area (Å²) in [6.45, 7) is 0. The Hall–Kier alpha value is -2.41. The summed E-state index contributed by atoms with van der Waals surface area (Å²) < 4.78 is 0. The number of fused-ring (bicyclic) bond motifs is 3. The van der Waals surface area contributed by atoms with Crippen LogP contribution in [0.3, 0.4) is 0 Å². The largest absolute Gasteiger partial charge is 0.308 e. The van der Waals surface area contributed by atoms with E-state index in [1.807, 2.05) is 11.8 Å². The first-order chi connectivity index (χ1) is 13.3. The van der Waals surface area contributed by atoms with Crippen molar-refractivity contribution < 1.29 is 0 Å². The van der Waals surface area contributed by atoms with Crippen LogP contribution in [-0.4, -0.2) is 9.97 Å². The van der Waals surface area contributed by atoms with Crippen LogP contribution in [0.2, 0.25) is 0 Å². The number of nitrogens with two attached hydrogens (primary N) is 1. The van der Waals surface area contributed by atoms with Crippen LogP contribution in [-0.2, 0) is 6.42 Å². The fourth-order valence-corrected chi connectivity index (χ4v) is 6.69. The molecule has 0 saturated carbocycles. The van der Waals surface area contributed by atoms with Crippen molar-refractivity contribution >= 4 is 39.1 Å². The molecule has 0 radical (unpaired) electrons. The Balaban J connectivity index is 1.71. The molecule has 4 nitrogen and oxygen atoms in total. The van der Waals surface area contributed by atoms with Gasteiger partial charge in [0.15, 0.2) is 5.82 Å². The summed E-state index contributed by atoms with van der Waals surface area (Å²) in [5.74, 6) is 6.47. The molecule has 3 N–H and O–H groups in total. The van der Waals surface area contributed by atoms with E-state index in [-0.39, 0.29) is 5.25 Å². The van der Waals surface area contributed by atoms with Gasteiger partial charge in [-0.25, -0.2) is 15.8 Å². The molecular weight excluding hydrogens is 372 g/mol. The molecule has 0 unspecified atom stereocenters. The second-order valence-corrected chi connectivity index (χ2v) is 8.87. The van der Waals surface area contributed by atoms with Crippen LogP contribution in [0.4, 0.5) is 5.82 Å². The van der Waals surface area contributed by atoms with Crippen LogP contribution >= 0.6 is 23.1 Å². The van der Waals surface area contributed by atoms with Crippen molar-refractivity contribution in [3.63, 3.8) is 0 Å². The van der Waals surface area contributed by atoms with E-state index in [2.05, 4.69) is 76.1 Å². The normalized spacial score (nSPS) is 19.0. The Kier molecular flexibility index (Phi) is 4.32. The van der Waals surface area contributed by atoms with E-state index in [1.165, 1.54) is 21.6 Å². The van der Waals surface area contributed by atoms with E-state index in [4.69, 9.17) is 5.84 Å². The predicted molar refractivity (Wildman–Crippen MR) is 114 cm³/mol. The molecule has 5 rings (SSSR count). The summed E-state index contributed by atoms with van der Waals surface area (Å²) in [4.78, 5) is 11.2. The number of anilines is 1. The summed E-state index contributed by atoms with van der Waals surface area (Å²) in [5, 5.41) is 1.74. The maximum Gasteiger partial charge on any atom is 0.152 e. The third-order valence-electron chi connectivity index (χ3n) is 4.96. The van der Waals surface area contributed by atoms with Crippen molar-refractivity contribution in [2.75, 3.05) is 5.43 Å². The first-order valence-corrected chi connectivity index (χ1v) is 10.6. The fourth-order valence-electron chi connectivity index (χ4n) is 3.71. The topological polar surface area (TPSA) is 63.8 Å². The van der Waals surface area contributed by atoms with Crippen LogP contribution < -0.4 is 11.3 Å². The lowest BCUT2D eigenvalue weighted by Gasteiger charge is -2.30. The smallest absolute Gasteiger partial charge is 0.152 e. The fraction of sp³-hybridized carbons (Fsp3) is 0.143. The number of nitrogens with zero attached hydrogens (tertiary/aromatic N) is 2. The number of nitrogen functional groups attached to an aromatic ring is 1. The highest BCUT2D eigenvalue weighted by Gasteiger charge is 2.33. The van der Waals surface area contributed by atoms with Crippen molar-refractivity contribution in [3.05, 3.63) is 88.6 Å². The maximum absolute atomic E-state index is 5.76. The Bertz CT molecular complexity index is 1080. The molecule has 2 atom stereocenters. The Morgan fingerprint density at radius 1 is 0.926 bits per heavy atom. The predicted octanol–water partition coefficient (Wildman–Crippen LogP) is 5.10. The molecule has 0 bridgehead atoms. The molecule has 0 spiro atoms. The van der Waals surface area contributed by atoms with E-state index in [0.29, 0.717) is 11.1 Å². The maximum atomic E-state index is 5.76. The van der Waals surface area contributed by atoms with E-state index < -0.39 is 0 Å². The number of rotatable bonds is 3. The van der Waals surface area contributed by atoms with Crippen molar-refractivity contribution in [3.8, 4) is 0 Å². The van der Waals surface area contributed by atoms with Gasteiger partial charge in [-0.3, -0.25) is 0 Å². The molecule has 4 aromatic rings. The molecule has 0 fully saturated rings. The second kappa shape index (κ2) is 6.96. The highest BCUT2D eigenvalue weighted by atomic mass is 32.2. The monoisotopic (exact) mass is 390 g/mol. The quantitative estimate of drug-likeness (QED) is 0.376. The minimum atomic E-state index is 0.282. The number of hydrogen-bond donors (Lipinski definition) is 2. The summed E-state index contributed by atoms with van der Waals surface area (Å²) in [5.41, 5.74) is 6.77. The van der Waals surface area contributed by atoms with Crippen LogP contribution in [0.25, 0.3) is 10.2 Å². The molecule has 1 aliphatic rings. The van der Waals surface area contributed by atoms with Gasteiger partial charge in [0, 0.05) is 10.1 Å². The molecule has 0 saturated heterocycles. The van der Waals surface area contributed by atoms with Crippen LogP contribution in [0.15, 0.2) is 67.0 Å². The van der Waals surface area contributed by atoms with Gasteiger partial charge < -0.3 is 5.43 Å². The van der Waals surface area contributed by atoms with Gasteiger partial charge in [0.2, 0.25) is 0 Å². The SMILES string of the molecule is NNc1ncnc2sc3c(c12)C[C@@H](c1ccccc1)S[C@@H]3c1ccccc1. The number of thioether (sulfide) groups is 1. The molecule has 2 aromatic heterocycles. The van der Waals surface area contributed by atoms with Crippen LogP contribution in [0, 0.1) is 0 Å². The molecule has 2 aromatic carbocycles. The average molecular weight is 391 g/mol. The lowest BCUT2D eigenvalue weighted by Crippen LogP contribution is -2.13. The summed E-state index contributed by atoms with van der Waals surface area (Å²) in [6, 6.07) is 21.5. The van der Waals surface area contributed by atoms with E-state index in [1.54, 1.807) is 17.7 Å². The highest BCUT2D eigenvalue weighted by molar-refractivity contribution is 8.00. The molecule has 0 aliphatic carbocycles. The number of hydrogen-bond acceptors (Lipinski definition) is 6. The zero-order chi connectivity index (χ0) is 18.2. The first-order valence-electron chi connectivity index (χ1n) is 8.83. The molecule has 0 amide bonds. The van der Waals surface area contributed by atoms with Gasteiger partial charge in [-0.15, -0.1) is 23.1 Å². The van der Waals surface area contributed by atoms with Gasteiger partial charge in [0.1, 0.15) is 11.2 Å². The van der Waals surface area contributed by atoms with Gasteiger partial charge in [-0.1, -0.05) is 60.7 Å². The van der Waals surface area contributed by atoms with E-state index in [0.717, 1.165) is 16.6 Å². The van der Waals surface area contributed by atoms with E-state index >= 15 is 0 Å². The summed E-state index contributed by atoms with van der Waals surface area (Å²) >= 11 is 3.78. The highest BCUT2D eigenvalue weighted by Crippen LogP contribution is 2.55. The van der Waals surface area contributed by atoms with Crippen molar-refractivity contribution in [2.24, 2.45) is 5.84 Å². The van der Waals surface area contributed by atoms with Crippen molar-refractivity contribution in [1.29, 1.82) is 0 Å². The van der Waals surface area contributed by atoms with Crippen LogP contribution in [0.5, 0.6) is 0 Å². The average Bonchev–Trinajstić information content (AvgIpc) is 3.13. The second-order valence-electron chi connectivity index (χ2n) is 6.52. The minimum absolute atomic E-state index is 0.282. The van der Waals surface area contributed by atoms with Gasteiger partial charge in [0.25, 0.3) is 0 Å². The zero-order valence-electron chi connectivity index (χ0n) is 14.5. The van der Waals surface area contributed by atoms with Gasteiger partial charge in [-0.05, 0) is 23.1 Å². The van der Waals surface area contributed by atoms with Gasteiger partial charge in [-0.2, -0.15) is 0 Å². The number of hydrazine groups is 1. The first kappa shape index (κ1) is 16.7. The summed E-state index contributed by atoms with van der Waals surface area (Å²) in [6.07, 6.45) is 2.54. The number of nitrogens with one attached hydrogen (secondary N) is 1. The molecule has 1 aliphatic heterocycles. The summed E-state index contributed by atoms with van der Waals surface area (Å²) in [7, 11) is 0.